The summed E-state index contributed by atoms with van der Waals surface area (Å²) in [5.74, 6) is 2.78. The predicted molar refractivity (Wildman–Crippen MR) is 71.0 cm³/mol. The fourth-order valence-electron chi connectivity index (χ4n) is 2.30. The van der Waals surface area contributed by atoms with Crippen LogP contribution in [0.5, 0.6) is 0 Å². The molecule has 0 unspecified atom stereocenters. The molecule has 4 nitrogen and oxygen atoms in total. The van der Waals surface area contributed by atoms with E-state index >= 15 is 0 Å². The van der Waals surface area contributed by atoms with Gasteiger partial charge in [0, 0.05) is 12.1 Å². The topological polar surface area (TPSA) is 63.8 Å². The van der Waals surface area contributed by atoms with Gasteiger partial charge in [0.25, 0.3) is 0 Å². The lowest BCUT2D eigenvalue weighted by molar-refractivity contribution is 0.303. The quantitative estimate of drug-likeness (QED) is 0.822. The van der Waals surface area contributed by atoms with Crippen molar-refractivity contribution in [1.29, 1.82) is 0 Å². The number of nitrogens with two attached hydrogens (primary N) is 1. The largest absolute Gasteiger partial charge is 0.383 e. The second-order valence-corrected chi connectivity index (χ2v) is 5.19. The van der Waals surface area contributed by atoms with E-state index in [1.807, 2.05) is 0 Å². The Hall–Kier alpha value is -1.32. The molecule has 1 heterocycles. The van der Waals surface area contributed by atoms with Crippen molar-refractivity contribution in [3.05, 3.63) is 11.9 Å². The fourth-order valence-corrected chi connectivity index (χ4v) is 2.30. The normalized spacial score (nSPS) is 15.9. The van der Waals surface area contributed by atoms with Gasteiger partial charge in [0.2, 0.25) is 0 Å². The third-order valence-corrected chi connectivity index (χ3v) is 3.56. The minimum absolute atomic E-state index is 0.349. The molecule has 3 N–H and O–H groups in total. The van der Waals surface area contributed by atoms with Crippen molar-refractivity contribution in [1.82, 2.24) is 9.97 Å². The molecule has 4 heteroatoms. The van der Waals surface area contributed by atoms with Gasteiger partial charge in [0.15, 0.2) is 0 Å². The first-order chi connectivity index (χ1) is 8.18. The summed E-state index contributed by atoms with van der Waals surface area (Å²) < 4.78 is 0. The third kappa shape index (κ3) is 2.87. The summed E-state index contributed by atoms with van der Waals surface area (Å²) in [5.41, 5.74) is 6.94. The van der Waals surface area contributed by atoms with Crippen LogP contribution in [0.25, 0.3) is 0 Å². The fraction of sp³-hybridized carbons (Fsp3) is 0.692. The number of nitrogen functional groups attached to an aromatic ring is 1. The Balaban J connectivity index is 1.96. The summed E-state index contributed by atoms with van der Waals surface area (Å²) >= 11 is 0. The standard InChI is InChI=1S/C13H22N4/c1-9(2)11-12(14)16-8-17-13(11)15-7-6-10-4-3-5-10/h8-10H,3-7H2,1-2H3,(H3,14,15,16,17). The molecule has 0 atom stereocenters. The molecule has 0 radical (unpaired) electrons. The van der Waals surface area contributed by atoms with Crippen LogP contribution >= 0.6 is 0 Å². The second kappa shape index (κ2) is 5.34. The number of rotatable bonds is 5. The zero-order valence-corrected chi connectivity index (χ0v) is 10.7. The Morgan fingerprint density at radius 3 is 2.76 bits per heavy atom. The first-order valence-electron chi connectivity index (χ1n) is 6.52. The second-order valence-electron chi connectivity index (χ2n) is 5.19. The summed E-state index contributed by atoms with van der Waals surface area (Å²) in [6, 6.07) is 0. The lowest BCUT2D eigenvalue weighted by Crippen LogP contribution is -2.17. The Morgan fingerprint density at radius 1 is 1.41 bits per heavy atom. The zero-order valence-electron chi connectivity index (χ0n) is 10.7. The van der Waals surface area contributed by atoms with Crippen LogP contribution in [-0.4, -0.2) is 16.5 Å². The van der Waals surface area contributed by atoms with E-state index in [1.54, 1.807) is 0 Å². The van der Waals surface area contributed by atoms with Gasteiger partial charge in [-0.25, -0.2) is 9.97 Å². The van der Waals surface area contributed by atoms with Crippen LogP contribution in [0, 0.1) is 5.92 Å². The van der Waals surface area contributed by atoms with Crippen LogP contribution in [0.2, 0.25) is 0 Å². The molecule has 0 saturated heterocycles. The van der Waals surface area contributed by atoms with Gasteiger partial charge in [-0.3, -0.25) is 0 Å². The average molecular weight is 234 g/mol. The Kier molecular flexibility index (Phi) is 3.82. The highest BCUT2D eigenvalue weighted by Crippen LogP contribution is 2.30. The number of aromatic nitrogens is 2. The van der Waals surface area contributed by atoms with Crippen LogP contribution in [0.1, 0.15) is 51.0 Å². The number of nitrogens with zero attached hydrogens (tertiary/aromatic N) is 2. The van der Waals surface area contributed by atoms with E-state index < -0.39 is 0 Å². The van der Waals surface area contributed by atoms with E-state index in [9.17, 15) is 0 Å². The average Bonchev–Trinajstić information content (AvgIpc) is 2.21. The summed E-state index contributed by atoms with van der Waals surface area (Å²) in [5, 5.41) is 3.40. The van der Waals surface area contributed by atoms with Crippen LogP contribution in [0.4, 0.5) is 11.6 Å². The minimum Gasteiger partial charge on any atom is -0.383 e. The van der Waals surface area contributed by atoms with Gasteiger partial charge in [-0.1, -0.05) is 33.1 Å². The van der Waals surface area contributed by atoms with E-state index in [1.165, 1.54) is 32.0 Å². The number of hydrogen-bond acceptors (Lipinski definition) is 4. The molecule has 1 saturated carbocycles. The first kappa shape index (κ1) is 12.1. The molecule has 1 aromatic heterocycles. The first-order valence-corrected chi connectivity index (χ1v) is 6.52. The Bertz CT molecular complexity index is 372. The summed E-state index contributed by atoms with van der Waals surface area (Å²) in [6.07, 6.45) is 6.96. The Morgan fingerprint density at radius 2 is 2.18 bits per heavy atom. The van der Waals surface area contributed by atoms with Crippen molar-refractivity contribution in [3.8, 4) is 0 Å². The maximum atomic E-state index is 5.90. The van der Waals surface area contributed by atoms with Crippen molar-refractivity contribution >= 4 is 11.6 Å². The van der Waals surface area contributed by atoms with E-state index in [-0.39, 0.29) is 0 Å². The number of hydrogen-bond donors (Lipinski definition) is 2. The monoisotopic (exact) mass is 234 g/mol. The molecule has 17 heavy (non-hydrogen) atoms. The van der Waals surface area contributed by atoms with Crippen molar-refractivity contribution in [2.45, 2.75) is 45.4 Å². The van der Waals surface area contributed by atoms with Gasteiger partial charge < -0.3 is 11.1 Å². The molecule has 1 aliphatic carbocycles. The van der Waals surface area contributed by atoms with Gasteiger partial charge in [0.1, 0.15) is 18.0 Å². The molecule has 0 aliphatic heterocycles. The molecule has 1 aromatic rings. The lowest BCUT2D eigenvalue weighted by atomic mass is 9.83. The van der Waals surface area contributed by atoms with E-state index in [0.29, 0.717) is 11.7 Å². The van der Waals surface area contributed by atoms with E-state index in [4.69, 9.17) is 5.73 Å². The molecule has 0 aromatic carbocycles. The molecular formula is C13H22N4. The third-order valence-electron chi connectivity index (χ3n) is 3.56. The maximum Gasteiger partial charge on any atom is 0.134 e. The highest BCUT2D eigenvalue weighted by Gasteiger charge is 2.17. The van der Waals surface area contributed by atoms with Crippen LogP contribution in [-0.2, 0) is 0 Å². The van der Waals surface area contributed by atoms with E-state index in [0.717, 1.165) is 23.8 Å². The molecule has 0 bridgehead atoms. The summed E-state index contributed by atoms with van der Waals surface area (Å²) in [4.78, 5) is 8.36. The van der Waals surface area contributed by atoms with Crippen molar-refractivity contribution in [2.24, 2.45) is 5.92 Å². The smallest absolute Gasteiger partial charge is 0.134 e. The number of anilines is 2. The maximum absolute atomic E-state index is 5.90. The van der Waals surface area contributed by atoms with E-state index in [2.05, 4.69) is 29.1 Å². The van der Waals surface area contributed by atoms with Crippen molar-refractivity contribution < 1.29 is 0 Å². The molecule has 94 valence electrons. The van der Waals surface area contributed by atoms with Crippen LogP contribution in [0.15, 0.2) is 6.33 Å². The summed E-state index contributed by atoms with van der Waals surface area (Å²) in [7, 11) is 0. The van der Waals surface area contributed by atoms with Gasteiger partial charge in [0.05, 0.1) is 0 Å². The highest BCUT2D eigenvalue weighted by molar-refractivity contribution is 5.56. The lowest BCUT2D eigenvalue weighted by Gasteiger charge is -2.25. The molecule has 1 aliphatic rings. The zero-order chi connectivity index (χ0) is 12.3. The minimum atomic E-state index is 0.349. The molecule has 1 fully saturated rings. The Labute approximate surface area is 103 Å². The van der Waals surface area contributed by atoms with Gasteiger partial charge in [-0.05, 0) is 18.3 Å². The molecule has 0 spiro atoms. The molecule has 2 rings (SSSR count). The van der Waals surface area contributed by atoms with Gasteiger partial charge in [-0.15, -0.1) is 0 Å². The molecular weight excluding hydrogens is 212 g/mol. The van der Waals surface area contributed by atoms with Gasteiger partial charge >= 0.3 is 0 Å². The SMILES string of the molecule is CC(C)c1c(N)ncnc1NCCC1CCC1. The summed E-state index contributed by atoms with van der Waals surface area (Å²) in [6.45, 7) is 5.22. The molecule has 0 amide bonds. The van der Waals surface area contributed by atoms with Crippen molar-refractivity contribution in [3.63, 3.8) is 0 Å². The predicted octanol–water partition coefficient (Wildman–Crippen LogP) is 2.78. The van der Waals surface area contributed by atoms with Crippen molar-refractivity contribution in [2.75, 3.05) is 17.6 Å². The van der Waals surface area contributed by atoms with Crippen LogP contribution in [0.3, 0.4) is 0 Å². The van der Waals surface area contributed by atoms with Crippen LogP contribution < -0.4 is 11.1 Å². The van der Waals surface area contributed by atoms with Gasteiger partial charge in [-0.2, -0.15) is 0 Å². The number of nitrogens with one attached hydrogen (secondary N) is 1. The highest BCUT2D eigenvalue weighted by atomic mass is 15.0.